The van der Waals surface area contributed by atoms with Crippen LogP contribution >= 0.6 is 69.6 Å². The van der Waals surface area contributed by atoms with Crippen LogP contribution in [0.15, 0.2) is 60.7 Å². The molecule has 2 heterocycles. The van der Waals surface area contributed by atoms with Crippen LogP contribution in [0.5, 0.6) is 11.5 Å². The highest BCUT2D eigenvalue weighted by Gasteiger charge is 2.27. The van der Waals surface area contributed by atoms with Crippen LogP contribution < -0.4 is 20.1 Å². The molecule has 2 aliphatic rings. The number of carbonyl (C=O) groups excluding carboxylic acids is 3. The number of piperidine rings is 2. The molecule has 0 radical (unpaired) electrons. The summed E-state index contributed by atoms with van der Waals surface area (Å²) in [4.78, 5) is 52.8. The fourth-order valence-electron chi connectivity index (χ4n) is 7.64. The van der Waals surface area contributed by atoms with Crippen molar-refractivity contribution in [2.24, 2.45) is 0 Å². The largest absolute Gasteiger partial charge is 0.490 e. The second-order valence-corrected chi connectivity index (χ2v) is 20.5. The molecule has 2 fully saturated rings. The topological polar surface area (TPSA) is 187 Å². The van der Waals surface area contributed by atoms with Gasteiger partial charge in [-0.25, -0.2) is 9.59 Å². The summed E-state index contributed by atoms with van der Waals surface area (Å²) in [6.45, 7) is 13.0. The lowest BCUT2D eigenvalue weighted by atomic mass is 10.1. The zero-order chi connectivity index (χ0) is 51.4. The second-order valence-electron chi connectivity index (χ2n) is 18.1. The van der Waals surface area contributed by atoms with Crippen LogP contribution in [0.4, 0.5) is 0 Å². The number of carboxylic acid groups (broad SMARTS) is 1. The Labute approximate surface area is 438 Å². The van der Waals surface area contributed by atoms with Gasteiger partial charge in [0.05, 0.1) is 53.5 Å². The summed E-state index contributed by atoms with van der Waals surface area (Å²) in [5, 5.41) is 37.6. The highest BCUT2D eigenvalue weighted by molar-refractivity contribution is 6.43. The smallest absolute Gasteiger partial charge is 0.340 e. The van der Waals surface area contributed by atoms with Gasteiger partial charge in [0.15, 0.2) is 0 Å². The van der Waals surface area contributed by atoms with Gasteiger partial charge in [0.2, 0.25) is 0 Å². The molecule has 0 aliphatic carbocycles. The Bertz CT molecular complexity index is 2490. The summed E-state index contributed by atoms with van der Waals surface area (Å²) in [6, 6.07) is 15.5. The first-order valence-electron chi connectivity index (χ1n) is 22.6. The standard InChI is InChI=1S/C27H33Cl3N2O5.C23H25Cl3N2O5/c1-16-23(8-7-22(29)24(16)30)36-19-9-11-32(12-10-19)15-18(33)14-31-25(34)17-5-6-21(28)20(13-17)26(35)37-27(2,3)4;1-13-20(5-4-19(25)21(13)26)33-16-6-8-28(9-7-16)12-15(29)11-27-22(30)14-2-3-18(24)17(10-14)23(31)32/h5-8,13,18-19,33H,9-12,14-15H2,1-4H3,(H,31,34);2-5,10,15-16,29H,6-9,11-12H2,1H3,(H,27,30)(H,31,32)/t18-;15-/m11/s1. The molecule has 0 aromatic heterocycles. The average Bonchev–Trinajstić information content (AvgIpc) is 3.31. The highest BCUT2D eigenvalue weighted by atomic mass is 35.5. The minimum atomic E-state index is -1.21. The van der Waals surface area contributed by atoms with E-state index in [0.29, 0.717) is 33.2 Å². The minimum absolute atomic E-state index is 0.0439. The number of aromatic carboxylic acids is 1. The van der Waals surface area contributed by atoms with Crippen molar-refractivity contribution in [2.75, 3.05) is 52.4 Å². The van der Waals surface area contributed by atoms with E-state index in [0.717, 1.165) is 74.5 Å². The van der Waals surface area contributed by atoms with E-state index in [2.05, 4.69) is 20.4 Å². The fourth-order valence-corrected chi connectivity index (χ4v) is 8.75. The van der Waals surface area contributed by atoms with Gasteiger partial charge in [-0.3, -0.25) is 9.59 Å². The molecule has 0 spiro atoms. The molecule has 20 heteroatoms. The van der Waals surface area contributed by atoms with Gasteiger partial charge in [-0.1, -0.05) is 69.6 Å². The van der Waals surface area contributed by atoms with Crippen LogP contribution in [-0.2, 0) is 4.74 Å². The lowest BCUT2D eigenvalue weighted by Gasteiger charge is -2.33. The molecule has 2 atom stereocenters. The zero-order valence-corrected chi connectivity index (χ0v) is 44.0. The van der Waals surface area contributed by atoms with Gasteiger partial charge in [-0.05, 0) is 121 Å². The van der Waals surface area contributed by atoms with E-state index in [1.807, 2.05) is 26.0 Å². The van der Waals surface area contributed by atoms with Crippen LogP contribution in [0.25, 0.3) is 0 Å². The summed E-state index contributed by atoms with van der Waals surface area (Å²) in [6.07, 6.45) is 1.76. The molecule has 14 nitrogen and oxygen atoms in total. The maximum atomic E-state index is 12.6. The first-order chi connectivity index (χ1) is 33.0. The monoisotopic (exact) mass is 1080 g/mol. The average molecular weight is 1090 g/mol. The van der Waals surface area contributed by atoms with Crippen LogP contribution in [0.3, 0.4) is 0 Å². The molecule has 4 aromatic carbocycles. The van der Waals surface area contributed by atoms with Crippen LogP contribution in [0.1, 0.15) is 99.0 Å². The van der Waals surface area contributed by atoms with Gasteiger partial charge >= 0.3 is 11.9 Å². The summed E-state index contributed by atoms with van der Waals surface area (Å²) in [5.74, 6) is -1.25. The molecule has 0 unspecified atom stereocenters. The lowest BCUT2D eigenvalue weighted by molar-refractivity contribution is 0.00692. The van der Waals surface area contributed by atoms with Gasteiger partial charge < -0.3 is 50.0 Å². The third-order valence-electron chi connectivity index (χ3n) is 11.5. The SMILES string of the molecule is Cc1c(OC2CCN(C[C@H](O)CNC(=O)c3ccc(Cl)c(C(=O)O)c3)CC2)ccc(Cl)c1Cl.Cc1c(OC2CCN(C[C@H](O)CNC(=O)c3ccc(Cl)c(C(=O)OC(C)(C)C)c3)CC2)ccc(Cl)c1Cl. The van der Waals surface area contributed by atoms with Crippen molar-refractivity contribution in [1.82, 2.24) is 20.4 Å². The Morgan fingerprint density at radius 1 is 0.614 bits per heavy atom. The third-order valence-corrected chi connectivity index (χ3v) is 13.9. The van der Waals surface area contributed by atoms with E-state index < -0.39 is 41.6 Å². The van der Waals surface area contributed by atoms with Crippen molar-refractivity contribution < 1.29 is 48.7 Å². The lowest BCUT2D eigenvalue weighted by Crippen LogP contribution is -2.45. The molecule has 2 aliphatic heterocycles. The maximum absolute atomic E-state index is 12.6. The second kappa shape index (κ2) is 26.1. The number of β-amino-alcohol motifs (C(OH)–C–C–N with tert-alkyl or cyclic N) is 2. The number of nitrogens with one attached hydrogen (secondary N) is 2. The van der Waals surface area contributed by atoms with Crippen LogP contribution in [0.2, 0.25) is 30.1 Å². The molecule has 70 heavy (non-hydrogen) atoms. The van der Waals surface area contributed by atoms with Gasteiger partial charge in [-0.2, -0.15) is 0 Å². The number of carbonyl (C=O) groups is 4. The number of hydrogen-bond acceptors (Lipinski definition) is 11. The predicted molar refractivity (Wildman–Crippen MR) is 274 cm³/mol. The first kappa shape index (κ1) is 56.8. The Balaban J connectivity index is 0.000000262. The first-order valence-corrected chi connectivity index (χ1v) is 24.9. The third kappa shape index (κ3) is 16.8. The number of benzene rings is 4. The summed E-state index contributed by atoms with van der Waals surface area (Å²) < 4.78 is 17.6. The van der Waals surface area contributed by atoms with E-state index in [-0.39, 0.29) is 57.6 Å². The van der Waals surface area contributed by atoms with E-state index in [4.69, 9.17) is 88.9 Å². The van der Waals surface area contributed by atoms with Crippen molar-refractivity contribution in [3.63, 3.8) is 0 Å². The number of hydrogen-bond donors (Lipinski definition) is 5. The van der Waals surface area contributed by atoms with Crippen molar-refractivity contribution in [1.29, 1.82) is 0 Å². The predicted octanol–water partition coefficient (Wildman–Crippen LogP) is 9.83. The van der Waals surface area contributed by atoms with Crippen molar-refractivity contribution in [2.45, 2.75) is 90.3 Å². The number of rotatable bonds is 16. The van der Waals surface area contributed by atoms with Crippen LogP contribution in [0, 0.1) is 13.8 Å². The number of aliphatic hydroxyl groups excluding tert-OH is 2. The number of aliphatic hydroxyl groups is 2. The van der Waals surface area contributed by atoms with E-state index in [9.17, 15) is 29.4 Å². The number of likely N-dealkylation sites (tertiary alicyclic amines) is 2. The number of halogens is 6. The normalized spacial score (nSPS) is 15.8. The maximum Gasteiger partial charge on any atom is 0.340 e. The van der Waals surface area contributed by atoms with Gasteiger partial charge in [0.1, 0.15) is 29.3 Å². The minimum Gasteiger partial charge on any atom is -0.490 e. The van der Waals surface area contributed by atoms with Gasteiger partial charge in [-0.15, -0.1) is 0 Å². The number of ether oxygens (including phenoxy) is 3. The fraction of sp³-hybridized carbons (Fsp3) is 0.440. The molecule has 2 saturated heterocycles. The number of nitrogens with zero attached hydrogens (tertiary/aromatic N) is 2. The summed E-state index contributed by atoms with van der Waals surface area (Å²) >= 11 is 36.5. The quantitative estimate of drug-likeness (QED) is 0.0670. The Morgan fingerprint density at radius 2 is 0.986 bits per heavy atom. The summed E-state index contributed by atoms with van der Waals surface area (Å²) in [7, 11) is 0. The molecule has 5 N–H and O–H groups in total. The number of carboxylic acids is 1. The van der Waals surface area contributed by atoms with Crippen LogP contribution in [-0.4, -0.2) is 131 Å². The molecule has 2 amide bonds. The molecule has 6 rings (SSSR count). The molecule has 0 saturated carbocycles. The molecule has 380 valence electrons. The summed E-state index contributed by atoms with van der Waals surface area (Å²) in [5.41, 5.74) is 1.34. The van der Waals surface area contributed by atoms with Crippen molar-refractivity contribution >= 4 is 93.4 Å². The van der Waals surface area contributed by atoms with Crippen molar-refractivity contribution in [3.05, 3.63) is 124 Å². The van der Waals surface area contributed by atoms with Gasteiger partial charge in [0.25, 0.3) is 11.8 Å². The highest BCUT2D eigenvalue weighted by Crippen LogP contribution is 2.35. The number of esters is 1. The molecular weight excluding hydrogens is 1030 g/mol. The van der Waals surface area contributed by atoms with E-state index >= 15 is 0 Å². The molecule has 4 aromatic rings. The Morgan fingerprint density at radius 3 is 1.37 bits per heavy atom. The molecular formula is C50H58Cl6N4O10. The van der Waals surface area contributed by atoms with E-state index in [1.165, 1.54) is 36.4 Å². The van der Waals surface area contributed by atoms with Crippen molar-refractivity contribution in [3.8, 4) is 11.5 Å². The number of amides is 2. The molecule has 0 bridgehead atoms. The Kier molecular flexibility index (Phi) is 21.2. The zero-order valence-electron chi connectivity index (χ0n) is 39.4. The van der Waals surface area contributed by atoms with E-state index in [1.54, 1.807) is 32.9 Å². The Hall–Kier alpha value is -4.06. The van der Waals surface area contributed by atoms with Gasteiger partial charge in [0, 0.05) is 74.6 Å².